The first-order valence-electron chi connectivity index (χ1n) is 12.1. The summed E-state index contributed by atoms with van der Waals surface area (Å²) in [5.41, 5.74) is 3.38. The largest absolute Gasteiger partial charge is 0.503 e. The highest BCUT2D eigenvalue weighted by molar-refractivity contribution is 9.10. The number of methoxy groups -OCH3 is 1. The number of rotatable bonds is 7. The molecule has 0 fully saturated rings. The van der Waals surface area contributed by atoms with Crippen molar-refractivity contribution in [3.05, 3.63) is 98.9 Å². The van der Waals surface area contributed by atoms with Crippen molar-refractivity contribution in [3.63, 3.8) is 0 Å². The highest BCUT2D eigenvalue weighted by Crippen LogP contribution is 2.45. The Balaban J connectivity index is 1.70. The summed E-state index contributed by atoms with van der Waals surface area (Å²) >= 11 is 3.43. The molecule has 5 rings (SSSR count). The molecule has 4 aromatic rings. The Hall–Kier alpha value is -4.04. The molecule has 0 radical (unpaired) electrons. The van der Waals surface area contributed by atoms with Gasteiger partial charge in [0.25, 0.3) is 5.91 Å². The van der Waals surface area contributed by atoms with Crippen LogP contribution in [-0.2, 0) is 4.79 Å². The number of Topliss-reactive ketones (excluding diaryl/α,β-unsaturated/α-hetero) is 1. The van der Waals surface area contributed by atoms with Gasteiger partial charge in [0, 0.05) is 15.5 Å². The smallest absolute Gasteiger partial charge is 0.294 e. The van der Waals surface area contributed by atoms with E-state index in [2.05, 4.69) is 15.9 Å². The van der Waals surface area contributed by atoms with Crippen LogP contribution < -0.4 is 14.4 Å². The molecule has 8 heteroatoms. The Morgan fingerprint density at radius 3 is 2.58 bits per heavy atom. The lowest BCUT2D eigenvalue weighted by Crippen LogP contribution is -2.31. The number of hydrogen-bond acceptors (Lipinski definition) is 6. The number of amides is 1. The van der Waals surface area contributed by atoms with Crippen molar-refractivity contribution in [1.82, 2.24) is 0 Å². The molecule has 0 saturated heterocycles. The number of ketones is 1. The van der Waals surface area contributed by atoms with E-state index in [1.54, 1.807) is 37.4 Å². The molecule has 0 aliphatic carbocycles. The Labute approximate surface area is 228 Å². The van der Waals surface area contributed by atoms with Crippen molar-refractivity contribution in [2.75, 3.05) is 18.6 Å². The molecule has 0 bridgehead atoms. The molecule has 1 aromatic heterocycles. The van der Waals surface area contributed by atoms with Gasteiger partial charge in [-0.2, -0.15) is 0 Å². The maximum Gasteiger partial charge on any atom is 0.294 e. The molecule has 1 aliphatic heterocycles. The third kappa shape index (κ3) is 4.35. The van der Waals surface area contributed by atoms with Gasteiger partial charge in [0.15, 0.2) is 23.0 Å². The molecule has 1 atom stereocenters. The maximum atomic E-state index is 13.9. The fourth-order valence-electron chi connectivity index (χ4n) is 4.77. The zero-order chi connectivity index (χ0) is 27.1. The monoisotopic (exact) mass is 575 g/mol. The SMILES string of the molecule is CCOc1cc(C2C(C(=O)c3cc4cc(Br)ccc4o3)=C(O)C(=O)N2c2cc(C)ccc2C)ccc1OC. The zero-order valence-electron chi connectivity index (χ0n) is 21.4. The van der Waals surface area contributed by atoms with E-state index in [1.165, 1.54) is 4.90 Å². The number of aliphatic hydroxyl groups excluding tert-OH is 1. The molecule has 1 N–H and O–H groups in total. The predicted molar refractivity (Wildman–Crippen MR) is 148 cm³/mol. The number of fused-ring (bicyclic) bond motifs is 1. The second-order valence-corrected chi connectivity index (χ2v) is 10.0. The molecule has 3 aromatic carbocycles. The van der Waals surface area contributed by atoms with E-state index in [0.29, 0.717) is 34.9 Å². The van der Waals surface area contributed by atoms with Crippen LogP contribution in [0.1, 0.15) is 40.2 Å². The van der Waals surface area contributed by atoms with Crippen LogP contribution in [0, 0.1) is 13.8 Å². The van der Waals surface area contributed by atoms with Crippen LogP contribution >= 0.6 is 15.9 Å². The first kappa shape index (κ1) is 25.6. The van der Waals surface area contributed by atoms with E-state index in [4.69, 9.17) is 13.9 Å². The summed E-state index contributed by atoms with van der Waals surface area (Å²) < 4.78 is 17.9. The number of carbonyl (C=O) groups excluding carboxylic acids is 2. The first-order valence-corrected chi connectivity index (χ1v) is 12.9. The highest BCUT2D eigenvalue weighted by atomic mass is 79.9. The van der Waals surface area contributed by atoms with Crippen LogP contribution in [0.15, 0.2) is 80.9 Å². The molecule has 194 valence electrons. The Morgan fingerprint density at radius 2 is 1.84 bits per heavy atom. The number of ether oxygens (including phenoxy) is 2. The van der Waals surface area contributed by atoms with Gasteiger partial charge in [0.05, 0.1) is 25.3 Å². The van der Waals surface area contributed by atoms with Crippen molar-refractivity contribution in [1.29, 1.82) is 0 Å². The summed E-state index contributed by atoms with van der Waals surface area (Å²) in [7, 11) is 1.54. The number of benzene rings is 3. The molecular weight excluding hydrogens is 550 g/mol. The summed E-state index contributed by atoms with van der Waals surface area (Å²) in [5, 5.41) is 11.9. The van der Waals surface area contributed by atoms with Gasteiger partial charge in [-0.25, -0.2) is 0 Å². The number of aryl methyl sites for hydroxylation is 2. The lowest BCUT2D eigenvalue weighted by atomic mass is 9.94. The van der Waals surface area contributed by atoms with Crippen molar-refractivity contribution in [3.8, 4) is 11.5 Å². The number of anilines is 1. The number of nitrogens with zero attached hydrogens (tertiary/aromatic N) is 1. The van der Waals surface area contributed by atoms with Crippen LogP contribution in [-0.4, -0.2) is 30.5 Å². The maximum absolute atomic E-state index is 13.9. The molecule has 7 nitrogen and oxygen atoms in total. The third-order valence-electron chi connectivity index (χ3n) is 6.58. The minimum atomic E-state index is -0.930. The Morgan fingerprint density at radius 1 is 1.05 bits per heavy atom. The summed E-state index contributed by atoms with van der Waals surface area (Å²) in [6.45, 7) is 6.05. The van der Waals surface area contributed by atoms with E-state index in [-0.39, 0.29) is 11.3 Å². The van der Waals surface area contributed by atoms with Crippen LogP contribution in [0.5, 0.6) is 11.5 Å². The summed E-state index contributed by atoms with van der Waals surface area (Å²) in [6, 6.07) is 17.0. The van der Waals surface area contributed by atoms with E-state index < -0.39 is 23.5 Å². The minimum absolute atomic E-state index is 0.0267. The molecule has 2 heterocycles. The van der Waals surface area contributed by atoms with E-state index in [0.717, 1.165) is 21.0 Å². The van der Waals surface area contributed by atoms with Crippen molar-refractivity contribution < 1.29 is 28.6 Å². The highest BCUT2D eigenvalue weighted by Gasteiger charge is 2.46. The number of furan rings is 1. The van der Waals surface area contributed by atoms with Gasteiger partial charge in [0.2, 0.25) is 5.78 Å². The number of halogens is 1. The average molecular weight is 576 g/mol. The second kappa shape index (κ2) is 10.0. The molecular formula is C30H26BrNO6. The summed E-state index contributed by atoms with van der Waals surface area (Å²) in [5.74, 6) is -0.848. The van der Waals surface area contributed by atoms with Crippen molar-refractivity contribution in [2.24, 2.45) is 0 Å². The van der Waals surface area contributed by atoms with Gasteiger partial charge >= 0.3 is 0 Å². The number of hydrogen-bond donors (Lipinski definition) is 1. The second-order valence-electron chi connectivity index (χ2n) is 9.10. The minimum Gasteiger partial charge on any atom is -0.503 e. The summed E-state index contributed by atoms with van der Waals surface area (Å²) in [6.07, 6.45) is 0. The molecule has 38 heavy (non-hydrogen) atoms. The van der Waals surface area contributed by atoms with E-state index >= 15 is 0 Å². The quantitative estimate of drug-likeness (QED) is 0.238. The Kier molecular flexibility index (Phi) is 6.75. The standard InChI is InChI=1S/C30H26BrNO6/c1-5-37-24-14-18(8-10-23(24)36-4)27-26(28(33)25-15-19-13-20(31)9-11-22(19)38-25)29(34)30(35)32(27)21-12-16(2)6-7-17(21)3/h6-15,27,34H,5H2,1-4H3. The zero-order valence-corrected chi connectivity index (χ0v) is 23.0. The topological polar surface area (TPSA) is 89.2 Å². The van der Waals surface area contributed by atoms with Crippen LogP contribution in [0.2, 0.25) is 0 Å². The average Bonchev–Trinajstić information content (AvgIpc) is 3.43. The number of carbonyl (C=O) groups is 2. The van der Waals surface area contributed by atoms with Gasteiger partial charge in [-0.15, -0.1) is 0 Å². The predicted octanol–water partition coefficient (Wildman–Crippen LogP) is 7.00. The lowest BCUT2D eigenvalue weighted by Gasteiger charge is -2.29. The van der Waals surface area contributed by atoms with Crippen molar-refractivity contribution >= 4 is 44.3 Å². The van der Waals surface area contributed by atoms with Gasteiger partial charge in [-0.1, -0.05) is 34.1 Å². The van der Waals surface area contributed by atoms with Crippen molar-refractivity contribution in [2.45, 2.75) is 26.8 Å². The molecule has 1 aliphatic rings. The van der Waals surface area contributed by atoms with E-state index in [1.807, 2.05) is 51.1 Å². The molecule has 0 saturated carbocycles. The normalized spacial score (nSPS) is 15.4. The third-order valence-corrected chi connectivity index (χ3v) is 7.08. The van der Waals surface area contributed by atoms with E-state index in [9.17, 15) is 14.7 Å². The number of aliphatic hydroxyl groups is 1. The fourth-order valence-corrected chi connectivity index (χ4v) is 5.15. The van der Waals surface area contributed by atoms with Crippen LogP contribution in [0.3, 0.4) is 0 Å². The van der Waals surface area contributed by atoms with Gasteiger partial charge in [0.1, 0.15) is 5.58 Å². The molecule has 1 unspecified atom stereocenters. The van der Waals surface area contributed by atoms with Gasteiger partial charge in [-0.05, 0) is 79.9 Å². The molecule has 1 amide bonds. The fraction of sp³-hybridized carbons (Fsp3) is 0.200. The molecule has 0 spiro atoms. The Bertz CT molecular complexity index is 1620. The van der Waals surface area contributed by atoms with Gasteiger partial charge < -0.3 is 19.0 Å². The van der Waals surface area contributed by atoms with Crippen LogP contribution in [0.4, 0.5) is 5.69 Å². The van der Waals surface area contributed by atoms with Crippen LogP contribution in [0.25, 0.3) is 11.0 Å². The first-order chi connectivity index (χ1) is 18.2. The summed E-state index contributed by atoms with van der Waals surface area (Å²) in [4.78, 5) is 29.0. The van der Waals surface area contributed by atoms with Gasteiger partial charge in [-0.3, -0.25) is 14.5 Å². The lowest BCUT2D eigenvalue weighted by molar-refractivity contribution is -0.117.